The summed E-state index contributed by atoms with van der Waals surface area (Å²) in [6.45, 7) is 0.499. The van der Waals surface area contributed by atoms with Gasteiger partial charge in [-0.15, -0.1) is 0 Å². The summed E-state index contributed by atoms with van der Waals surface area (Å²) in [5.74, 6) is 0. The molecule has 0 heterocycles. The minimum atomic E-state index is 0.499. The zero-order chi connectivity index (χ0) is 13.7. The summed E-state index contributed by atoms with van der Waals surface area (Å²) in [5.41, 5.74) is 4.84. The molecule has 0 fully saturated rings. The summed E-state index contributed by atoms with van der Waals surface area (Å²) in [6.07, 6.45) is 1.76. The molecule has 98 valence electrons. The Morgan fingerprint density at radius 3 is 2.32 bits per heavy atom. The molecule has 0 bridgehead atoms. The summed E-state index contributed by atoms with van der Waals surface area (Å²) in [4.78, 5) is 0. The molecule has 0 aliphatic heterocycles. The predicted octanol–water partition coefficient (Wildman–Crippen LogP) is 4.72. The predicted molar refractivity (Wildman–Crippen MR) is 90.1 cm³/mol. The molecule has 0 radical (unpaired) electrons. The third-order valence-electron chi connectivity index (χ3n) is 2.49. The molecule has 2 rings (SSSR count). The van der Waals surface area contributed by atoms with Gasteiger partial charge in [-0.1, -0.05) is 41.4 Å². The summed E-state index contributed by atoms with van der Waals surface area (Å²) < 4.78 is 1.20. The number of nitrogens with one attached hydrogen (secondary N) is 1. The maximum absolute atomic E-state index is 6.07. The van der Waals surface area contributed by atoms with Crippen LogP contribution in [0.4, 0.5) is 0 Å². The van der Waals surface area contributed by atoms with E-state index in [1.165, 1.54) is 3.57 Å². The first kappa shape index (κ1) is 14.6. The van der Waals surface area contributed by atoms with E-state index in [2.05, 4.69) is 33.1 Å². The Labute approximate surface area is 136 Å². The summed E-state index contributed by atoms with van der Waals surface area (Å²) in [5, 5.41) is 5.44. The second-order valence-corrected chi connectivity index (χ2v) is 5.90. The molecular formula is C14H11Cl2IN2. The summed E-state index contributed by atoms with van der Waals surface area (Å²) in [6, 6.07) is 13.5. The van der Waals surface area contributed by atoms with Crippen molar-refractivity contribution in [1.29, 1.82) is 0 Å². The van der Waals surface area contributed by atoms with Crippen molar-refractivity contribution in [3.63, 3.8) is 0 Å². The van der Waals surface area contributed by atoms with Gasteiger partial charge < -0.3 is 5.43 Å². The van der Waals surface area contributed by atoms with Gasteiger partial charge in [0.15, 0.2) is 0 Å². The zero-order valence-electron chi connectivity index (χ0n) is 9.91. The average molecular weight is 405 g/mol. The molecule has 0 unspecified atom stereocenters. The van der Waals surface area contributed by atoms with Gasteiger partial charge in [0.25, 0.3) is 0 Å². The minimum Gasteiger partial charge on any atom is -0.306 e. The Balaban J connectivity index is 1.95. The molecule has 0 atom stereocenters. The highest BCUT2D eigenvalue weighted by Crippen LogP contribution is 2.23. The second kappa shape index (κ2) is 7.12. The Morgan fingerprint density at radius 2 is 1.68 bits per heavy atom. The number of hydrogen-bond donors (Lipinski definition) is 1. The first-order valence-corrected chi connectivity index (χ1v) is 7.44. The van der Waals surface area contributed by atoms with Crippen molar-refractivity contribution in [3.8, 4) is 0 Å². The molecule has 0 saturated carbocycles. The third-order valence-corrected chi connectivity index (χ3v) is 3.92. The maximum Gasteiger partial charge on any atom is 0.0609 e. The van der Waals surface area contributed by atoms with Crippen LogP contribution in [0.5, 0.6) is 0 Å². The molecule has 2 aromatic carbocycles. The number of nitrogens with zero attached hydrogens (tertiary/aromatic N) is 1. The van der Waals surface area contributed by atoms with Crippen LogP contribution in [0.15, 0.2) is 47.6 Å². The van der Waals surface area contributed by atoms with Gasteiger partial charge in [0.2, 0.25) is 0 Å². The first-order chi connectivity index (χ1) is 9.16. The van der Waals surface area contributed by atoms with E-state index < -0.39 is 0 Å². The van der Waals surface area contributed by atoms with Crippen LogP contribution in [0.25, 0.3) is 0 Å². The fourth-order valence-electron chi connectivity index (χ4n) is 1.49. The molecule has 2 aromatic rings. The second-order valence-electron chi connectivity index (χ2n) is 3.84. The lowest BCUT2D eigenvalue weighted by Crippen LogP contribution is -2.06. The highest BCUT2D eigenvalue weighted by Gasteiger charge is 2.03. The Hall–Kier alpha value is -0.780. The van der Waals surface area contributed by atoms with Crippen LogP contribution in [-0.4, -0.2) is 6.21 Å². The van der Waals surface area contributed by atoms with Crippen molar-refractivity contribution in [2.45, 2.75) is 6.54 Å². The smallest absolute Gasteiger partial charge is 0.0609 e. The Bertz CT molecular complexity index is 562. The van der Waals surface area contributed by atoms with Crippen molar-refractivity contribution in [1.82, 2.24) is 5.43 Å². The largest absolute Gasteiger partial charge is 0.306 e. The SMILES string of the molecule is Clc1cccc(Cl)c1CN/N=C/c1ccc(I)cc1. The van der Waals surface area contributed by atoms with E-state index in [4.69, 9.17) is 23.2 Å². The van der Waals surface area contributed by atoms with Crippen LogP contribution in [0.1, 0.15) is 11.1 Å². The van der Waals surface area contributed by atoms with E-state index in [-0.39, 0.29) is 0 Å². The normalized spacial score (nSPS) is 10.9. The van der Waals surface area contributed by atoms with Gasteiger partial charge in [0.05, 0.1) is 12.8 Å². The van der Waals surface area contributed by atoms with E-state index in [1.54, 1.807) is 6.21 Å². The third kappa shape index (κ3) is 4.37. The number of hydrazone groups is 1. The molecule has 5 heteroatoms. The van der Waals surface area contributed by atoms with E-state index in [9.17, 15) is 0 Å². The summed E-state index contributed by atoms with van der Waals surface area (Å²) in [7, 11) is 0. The van der Waals surface area contributed by atoms with Crippen LogP contribution >= 0.6 is 45.8 Å². The fraction of sp³-hybridized carbons (Fsp3) is 0.0714. The first-order valence-electron chi connectivity index (χ1n) is 5.61. The molecule has 0 amide bonds. The van der Waals surface area contributed by atoms with E-state index in [0.29, 0.717) is 16.6 Å². The zero-order valence-corrected chi connectivity index (χ0v) is 13.6. The van der Waals surface area contributed by atoms with Crippen LogP contribution in [0, 0.1) is 3.57 Å². The van der Waals surface area contributed by atoms with Crippen molar-refractivity contribution in [2.24, 2.45) is 5.10 Å². The number of halogens is 3. The van der Waals surface area contributed by atoms with E-state index >= 15 is 0 Å². The average Bonchev–Trinajstić information content (AvgIpc) is 2.39. The van der Waals surface area contributed by atoms with Gasteiger partial charge in [-0.2, -0.15) is 5.10 Å². The van der Waals surface area contributed by atoms with Gasteiger partial charge in [0.1, 0.15) is 0 Å². The number of benzene rings is 2. The number of rotatable bonds is 4. The van der Waals surface area contributed by atoms with Gasteiger partial charge in [0, 0.05) is 19.2 Å². The van der Waals surface area contributed by atoms with Crippen LogP contribution in [0.2, 0.25) is 10.0 Å². The molecule has 19 heavy (non-hydrogen) atoms. The quantitative estimate of drug-likeness (QED) is 0.445. The van der Waals surface area contributed by atoms with Crippen LogP contribution < -0.4 is 5.43 Å². The van der Waals surface area contributed by atoms with Crippen LogP contribution in [-0.2, 0) is 6.54 Å². The van der Waals surface area contributed by atoms with Crippen molar-refractivity contribution < 1.29 is 0 Å². The highest BCUT2D eigenvalue weighted by molar-refractivity contribution is 14.1. The van der Waals surface area contributed by atoms with E-state index in [0.717, 1.165) is 11.1 Å². The topological polar surface area (TPSA) is 24.4 Å². The molecule has 0 aliphatic rings. The van der Waals surface area contributed by atoms with Crippen LogP contribution in [0.3, 0.4) is 0 Å². The molecule has 0 aromatic heterocycles. The maximum atomic E-state index is 6.07. The van der Waals surface area contributed by atoms with Crippen molar-refractivity contribution >= 4 is 52.0 Å². The van der Waals surface area contributed by atoms with Gasteiger partial charge in [-0.3, -0.25) is 0 Å². The lowest BCUT2D eigenvalue weighted by molar-refractivity contribution is 0.748. The highest BCUT2D eigenvalue weighted by atomic mass is 127. The number of hydrogen-bond acceptors (Lipinski definition) is 2. The van der Waals surface area contributed by atoms with Crippen molar-refractivity contribution in [2.75, 3.05) is 0 Å². The van der Waals surface area contributed by atoms with Crippen molar-refractivity contribution in [3.05, 3.63) is 67.2 Å². The van der Waals surface area contributed by atoms with Gasteiger partial charge >= 0.3 is 0 Å². The molecule has 1 N–H and O–H groups in total. The van der Waals surface area contributed by atoms with Gasteiger partial charge in [-0.25, -0.2) is 0 Å². The Kier molecular flexibility index (Phi) is 5.48. The lowest BCUT2D eigenvalue weighted by Gasteiger charge is -2.05. The van der Waals surface area contributed by atoms with Gasteiger partial charge in [-0.05, 0) is 52.4 Å². The minimum absolute atomic E-state index is 0.499. The standard InChI is InChI=1S/C14H11Cl2IN2/c15-13-2-1-3-14(16)12(13)9-19-18-8-10-4-6-11(17)7-5-10/h1-8,19H,9H2/b18-8+. The molecule has 0 aliphatic carbocycles. The molecular weight excluding hydrogens is 394 g/mol. The lowest BCUT2D eigenvalue weighted by atomic mass is 10.2. The molecule has 2 nitrogen and oxygen atoms in total. The molecule has 0 spiro atoms. The molecule has 0 saturated heterocycles. The summed E-state index contributed by atoms with van der Waals surface area (Å²) >= 11 is 14.4. The fourth-order valence-corrected chi connectivity index (χ4v) is 2.39. The van der Waals surface area contributed by atoms with E-state index in [1.807, 2.05) is 42.5 Å². The Morgan fingerprint density at radius 1 is 1.05 bits per heavy atom. The monoisotopic (exact) mass is 404 g/mol.